The number of amides is 2. The van der Waals surface area contributed by atoms with Gasteiger partial charge in [-0.1, -0.05) is 17.8 Å². The Bertz CT molecular complexity index is 630. The second kappa shape index (κ2) is 6.78. The van der Waals surface area contributed by atoms with Gasteiger partial charge < -0.3 is 9.80 Å². The Kier molecular flexibility index (Phi) is 4.90. The fraction of sp³-hybridized carbons (Fsp3) is 0.765. The van der Waals surface area contributed by atoms with Crippen molar-refractivity contribution in [3.05, 3.63) is 10.6 Å². The Morgan fingerprint density at radius 3 is 2.83 bits per heavy atom. The molecule has 132 valence electrons. The van der Waals surface area contributed by atoms with E-state index < -0.39 is 0 Å². The normalized spacial score (nSPS) is 24.4. The average Bonchev–Trinajstić information content (AvgIpc) is 3.18. The molecule has 0 aliphatic carbocycles. The quantitative estimate of drug-likeness (QED) is 0.836. The minimum absolute atomic E-state index is 0.000189. The molecule has 1 aromatic heterocycles. The lowest BCUT2D eigenvalue weighted by Crippen LogP contribution is -2.52. The van der Waals surface area contributed by atoms with Crippen LogP contribution in [0.3, 0.4) is 0 Å². The Morgan fingerprint density at radius 2 is 2.12 bits per heavy atom. The summed E-state index contributed by atoms with van der Waals surface area (Å²) in [5.74, 6) is 0.232. The number of rotatable bonds is 4. The van der Waals surface area contributed by atoms with Crippen LogP contribution >= 0.6 is 11.5 Å². The molecule has 3 rings (SSSR count). The summed E-state index contributed by atoms with van der Waals surface area (Å²) in [6.07, 6.45) is 4.40. The molecule has 1 spiro atoms. The highest BCUT2D eigenvalue weighted by Crippen LogP contribution is 2.41. The first-order valence-electron chi connectivity index (χ1n) is 8.90. The van der Waals surface area contributed by atoms with Crippen LogP contribution < -0.4 is 0 Å². The largest absolute Gasteiger partial charge is 0.340 e. The van der Waals surface area contributed by atoms with E-state index >= 15 is 0 Å². The maximum Gasteiger partial charge on any atom is 0.267 e. The maximum atomic E-state index is 13.0. The number of hydrogen-bond donors (Lipinski definition) is 0. The van der Waals surface area contributed by atoms with Crippen molar-refractivity contribution >= 4 is 23.3 Å². The van der Waals surface area contributed by atoms with Crippen LogP contribution in [0.5, 0.6) is 0 Å². The van der Waals surface area contributed by atoms with Gasteiger partial charge in [0.1, 0.15) is 4.88 Å². The molecule has 2 aliphatic heterocycles. The van der Waals surface area contributed by atoms with Crippen molar-refractivity contribution in [2.45, 2.75) is 58.9 Å². The fourth-order valence-corrected chi connectivity index (χ4v) is 4.61. The third-order valence-electron chi connectivity index (χ3n) is 5.27. The van der Waals surface area contributed by atoms with E-state index in [9.17, 15) is 9.59 Å². The molecule has 0 radical (unpaired) electrons. The summed E-state index contributed by atoms with van der Waals surface area (Å²) in [5, 5.41) is 4.10. The average molecular weight is 350 g/mol. The number of likely N-dealkylation sites (tertiary alicyclic amines) is 2. The van der Waals surface area contributed by atoms with Crippen LogP contribution in [0.25, 0.3) is 0 Å². The summed E-state index contributed by atoms with van der Waals surface area (Å²) < 4.78 is 3.96. The predicted octanol–water partition coefficient (Wildman–Crippen LogP) is 2.35. The van der Waals surface area contributed by atoms with Crippen LogP contribution in [0.1, 0.15) is 61.8 Å². The molecule has 1 atom stereocenters. The number of aryl methyl sites for hydroxylation is 1. The van der Waals surface area contributed by atoms with Crippen LogP contribution in [0.15, 0.2) is 0 Å². The topological polar surface area (TPSA) is 66.4 Å². The number of hydrogen-bond acceptors (Lipinski definition) is 5. The van der Waals surface area contributed by atoms with E-state index in [1.807, 2.05) is 9.80 Å². The Hall–Kier alpha value is -1.50. The number of piperidine rings is 1. The summed E-state index contributed by atoms with van der Waals surface area (Å²) in [6.45, 7) is 8.23. The van der Waals surface area contributed by atoms with Gasteiger partial charge in [0.05, 0.1) is 11.1 Å². The van der Waals surface area contributed by atoms with Crippen LogP contribution in [-0.4, -0.2) is 56.9 Å². The van der Waals surface area contributed by atoms with Crippen LogP contribution in [-0.2, 0) is 11.2 Å². The zero-order valence-corrected chi connectivity index (χ0v) is 15.6. The molecule has 0 aromatic carbocycles. The van der Waals surface area contributed by atoms with Crippen molar-refractivity contribution in [2.75, 3.05) is 19.6 Å². The van der Waals surface area contributed by atoms with Crippen LogP contribution in [0.2, 0.25) is 0 Å². The van der Waals surface area contributed by atoms with Gasteiger partial charge in [0.2, 0.25) is 5.91 Å². The van der Waals surface area contributed by atoms with E-state index in [2.05, 4.69) is 30.4 Å². The lowest BCUT2D eigenvalue weighted by Gasteiger charge is -2.41. The zero-order valence-electron chi connectivity index (χ0n) is 14.7. The molecule has 1 aromatic rings. The van der Waals surface area contributed by atoms with E-state index in [0.29, 0.717) is 18.0 Å². The summed E-state index contributed by atoms with van der Waals surface area (Å²) in [5.41, 5.74) is 0.425. The Balaban J connectivity index is 1.76. The van der Waals surface area contributed by atoms with Crippen molar-refractivity contribution in [2.24, 2.45) is 5.41 Å². The van der Waals surface area contributed by atoms with Crippen molar-refractivity contribution in [1.82, 2.24) is 19.4 Å². The van der Waals surface area contributed by atoms with Gasteiger partial charge in [0, 0.05) is 25.7 Å². The SMILES string of the molecule is CCCc1nnsc1C(=O)N1CCC2(CCCN(C(C)C)C2=O)C1. The van der Waals surface area contributed by atoms with Gasteiger partial charge in [-0.15, -0.1) is 5.10 Å². The lowest BCUT2D eigenvalue weighted by molar-refractivity contribution is -0.147. The molecule has 0 bridgehead atoms. The second-order valence-electron chi connectivity index (χ2n) is 7.25. The third-order valence-corrected chi connectivity index (χ3v) is 6.03. The van der Waals surface area contributed by atoms with E-state index in [1.165, 1.54) is 11.5 Å². The first-order chi connectivity index (χ1) is 11.5. The number of aromatic nitrogens is 2. The van der Waals surface area contributed by atoms with Gasteiger partial charge in [0.15, 0.2) is 0 Å². The predicted molar refractivity (Wildman–Crippen MR) is 92.9 cm³/mol. The van der Waals surface area contributed by atoms with Crippen LogP contribution in [0, 0.1) is 5.41 Å². The molecular weight excluding hydrogens is 324 g/mol. The maximum absolute atomic E-state index is 13.0. The van der Waals surface area contributed by atoms with Crippen molar-refractivity contribution < 1.29 is 9.59 Å². The molecule has 2 saturated heterocycles. The highest BCUT2D eigenvalue weighted by Gasteiger charge is 2.50. The molecule has 7 heteroatoms. The molecule has 3 heterocycles. The number of carbonyl (C=O) groups is 2. The summed E-state index contributed by atoms with van der Waals surface area (Å²) in [7, 11) is 0. The molecule has 1 unspecified atom stereocenters. The summed E-state index contributed by atoms with van der Waals surface area (Å²) >= 11 is 1.18. The van der Waals surface area contributed by atoms with E-state index in [4.69, 9.17) is 0 Å². The monoisotopic (exact) mass is 350 g/mol. The molecule has 2 fully saturated rings. The van der Waals surface area contributed by atoms with Gasteiger partial charge in [-0.2, -0.15) is 0 Å². The van der Waals surface area contributed by atoms with Crippen molar-refractivity contribution in [1.29, 1.82) is 0 Å². The fourth-order valence-electron chi connectivity index (χ4n) is 3.93. The molecule has 0 N–H and O–H groups in total. The molecule has 2 aliphatic rings. The first-order valence-corrected chi connectivity index (χ1v) is 9.67. The minimum Gasteiger partial charge on any atom is -0.340 e. The van der Waals surface area contributed by atoms with Gasteiger partial charge in [-0.05, 0) is 51.1 Å². The van der Waals surface area contributed by atoms with Crippen molar-refractivity contribution in [3.8, 4) is 0 Å². The lowest BCUT2D eigenvalue weighted by atomic mass is 9.78. The van der Waals surface area contributed by atoms with Crippen LogP contribution in [0.4, 0.5) is 0 Å². The van der Waals surface area contributed by atoms with Gasteiger partial charge >= 0.3 is 0 Å². The Labute approximate surface area is 147 Å². The van der Waals surface area contributed by atoms with Gasteiger partial charge in [0.25, 0.3) is 5.91 Å². The van der Waals surface area contributed by atoms with Gasteiger partial charge in [-0.3, -0.25) is 9.59 Å². The summed E-state index contributed by atoms with van der Waals surface area (Å²) in [6, 6.07) is 0.223. The van der Waals surface area contributed by atoms with E-state index in [1.54, 1.807) is 0 Å². The van der Waals surface area contributed by atoms with E-state index in [-0.39, 0.29) is 23.3 Å². The molecular formula is C17H26N4O2S. The molecule has 24 heavy (non-hydrogen) atoms. The summed E-state index contributed by atoms with van der Waals surface area (Å²) in [4.78, 5) is 30.3. The highest BCUT2D eigenvalue weighted by atomic mass is 32.1. The number of carbonyl (C=O) groups excluding carboxylic acids is 2. The third kappa shape index (κ3) is 2.94. The minimum atomic E-state index is -0.374. The van der Waals surface area contributed by atoms with Gasteiger partial charge in [-0.25, -0.2) is 0 Å². The standard InChI is InChI=1S/C17H26N4O2S/c1-4-6-13-14(24-19-18-13)15(22)20-10-8-17(11-20)7-5-9-21(12(2)3)16(17)23/h12H,4-11H2,1-3H3. The zero-order chi connectivity index (χ0) is 17.3. The first kappa shape index (κ1) is 17.3. The molecule has 2 amide bonds. The highest BCUT2D eigenvalue weighted by molar-refractivity contribution is 7.08. The molecule has 0 saturated carbocycles. The molecule has 6 nitrogen and oxygen atoms in total. The second-order valence-corrected chi connectivity index (χ2v) is 8.01. The van der Waals surface area contributed by atoms with Crippen molar-refractivity contribution in [3.63, 3.8) is 0 Å². The van der Waals surface area contributed by atoms with E-state index in [0.717, 1.165) is 44.3 Å². The number of nitrogens with zero attached hydrogens (tertiary/aromatic N) is 4. The smallest absolute Gasteiger partial charge is 0.267 e. The Morgan fingerprint density at radius 1 is 1.33 bits per heavy atom.